The van der Waals surface area contributed by atoms with Crippen molar-refractivity contribution in [1.29, 1.82) is 0 Å². The third-order valence-corrected chi connectivity index (χ3v) is 3.18. The number of hydrogen-bond acceptors (Lipinski definition) is 10. The molecule has 0 unspecified atom stereocenters. The van der Waals surface area contributed by atoms with E-state index in [1.54, 1.807) is 0 Å². The molecule has 0 spiro atoms. The standard InChI is InChI=1S/C15H22O10/c1-7(16)21-6-11-12(22-8(2)17)13(23-9(3)18)14(24-10(4)19)15(20-5)25-11/h11-15H,6H2,1-5H3/t11-,12+,13+,14+,15-/m1/s1. The largest absolute Gasteiger partial charge is 0.463 e. The van der Waals surface area contributed by atoms with Crippen molar-refractivity contribution >= 4 is 23.9 Å². The van der Waals surface area contributed by atoms with Gasteiger partial charge in [0.1, 0.15) is 12.7 Å². The lowest BCUT2D eigenvalue weighted by Gasteiger charge is -2.43. The van der Waals surface area contributed by atoms with Crippen LogP contribution in [-0.4, -0.2) is 68.3 Å². The van der Waals surface area contributed by atoms with E-state index in [0.717, 1.165) is 20.8 Å². The molecule has 10 nitrogen and oxygen atoms in total. The maximum Gasteiger partial charge on any atom is 0.303 e. The predicted molar refractivity (Wildman–Crippen MR) is 79.0 cm³/mol. The lowest BCUT2D eigenvalue weighted by molar-refractivity contribution is -0.302. The van der Waals surface area contributed by atoms with Crippen LogP contribution in [0.15, 0.2) is 0 Å². The number of esters is 4. The molecular formula is C15H22O10. The third-order valence-electron chi connectivity index (χ3n) is 3.18. The van der Waals surface area contributed by atoms with E-state index in [2.05, 4.69) is 0 Å². The Morgan fingerprint density at radius 3 is 1.68 bits per heavy atom. The maximum absolute atomic E-state index is 11.5. The first-order valence-corrected chi connectivity index (χ1v) is 7.49. The number of hydrogen-bond donors (Lipinski definition) is 0. The van der Waals surface area contributed by atoms with E-state index in [4.69, 9.17) is 28.4 Å². The van der Waals surface area contributed by atoms with Crippen LogP contribution in [-0.2, 0) is 47.6 Å². The molecule has 1 aliphatic rings. The van der Waals surface area contributed by atoms with E-state index in [9.17, 15) is 19.2 Å². The average Bonchev–Trinajstić information content (AvgIpc) is 2.48. The Kier molecular flexibility index (Phi) is 7.78. The molecule has 1 rings (SSSR count). The molecule has 0 radical (unpaired) electrons. The highest BCUT2D eigenvalue weighted by Gasteiger charge is 2.52. The molecule has 0 saturated carbocycles. The van der Waals surface area contributed by atoms with Gasteiger partial charge in [-0.1, -0.05) is 0 Å². The minimum atomic E-state index is -1.20. The van der Waals surface area contributed by atoms with Crippen molar-refractivity contribution < 1.29 is 47.6 Å². The zero-order valence-corrected chi connectivity index (χ0v) is 14.7. The van der Waals surface area contributed by atoms with Crippen molar-refractivity contribution in [3.05, 3.63) is 0 Å². The second-order valence-corrected chi connectivity index (χ2v) is 5.30. The molecule has 0 amide bonds. The fraction of sp³-hybridized carbons (Fsp3) is 0.733. The van der Waals surface area contributed by atoms with E-state index >= 15 is 0 Å². The second-order valence-electron chi connectivity index (χ2n) is 5.30. The Hall–Kier alpha value is -2.20. The highest BCUT2D eigenvalue weighted by Crippen LogP contribution is 2.29. The Bertz CT molecular complexity index is 516. The van der Waals surface area contributed by atoms with E-state index in [1.807, 2.05) is 0 Å². The van der Waals surface area contributed by atoms with Crippen LogP contribution >= 0.6 is 0 Å². The summed E-state index contributed by atoms with van der Waals surface area (Å²) in [5.41, 5.74) is 0. The van der Waals surface area contributed by atoms with Gasteiger partial charge in [-0.15, -0.1) is 0 Å². The zero-order chi connectivity index (χ0) is 19.1. The number of methoxy groups -OCH3 is 1. The molecule has 0 aromatic heterocycles. The van der Waals surface area contributed by atoms with Gasteiger partial charge in [-0.05, 0) is 0 Å². The van der Waals surface area contributed by atoms with Gasteiger partial charge in [-0.3, -0.25) is 19.2 Å². The van der Waals surface area contributed by atoms with Gasteiger partial charge in [0.15, 0.2) is 24.6 Å². The minimum Gasteiger partial charge on any atom is -0.463 e. The molecular weight excluding hydrogens is 340 g/mol. The molecule has 1 heterocycles. The molecule has 5 atom stereocenters. The summed E-state index contributed by atoms with van der Waals surface area (Å²) < 4.78 is 31.1. The SMILES string of the molecule is CO[C@@H]1O[C@H](COC(C)=O)[C@H](OC(C)=O)[C@H](OC(C)=O)[C@@H]1OC(C)=O. The molecule has 1 saturated heterocycles. The second kappa shape index (κ2) is 9.33. The Morgan fingerprint density at radius 1 is 0.760 bits per heavy atom. The van der Waals surface area contributed by atoms with Crippen LogP contribution in [0.5, 0.6) is 0 Å². The van der Waals surface area contributed by atoms with Crippen molar-refractivity contribution in [2.75, 3.05) is 13.7 Å². The molecule has 1 aliphatic heterocycles. The lowest BCUT2D eigenvalue weighted by atomic mass is 9.98. The maximum atomic E-state index is 11.5. The summed E-state index contributed by atoms with van der Waals surface area (Å²) in [4.78, 5) is 45.4. The van der Waals surface area contributed by atoms with Crippen molar-refractivity contribution in [1.82, 2.24) is 0 Å². The molecule has 25 heavy (non-hydrogen) atoms. The van der Waals surface area contributed by atoms with Gasteiger partial charge >= 0.3 is 23.9 Å². The number of rotatable bonds is 6. The van der Waals surface area contributed by atoms with Crippen LogP contribution in [0.1, 0.15) is 27.7 Å². The van der Waals surface area contributed by atoms with Gasteiger partial charge in [0.2, 0.25) is 0 Å². The highest BCUT2D eigenvalue weighted by atomic mass is 16.7. The van der Waals surface area contributed by atoms with Gasteiger partial charge in [-0.25, -0.2) is 0 Å². The summed E-state index contributed by atoms with van der Waals surface area (Å²) in [7, 11) is 1.29. The summed E-state index contributed by atoms with van der Waals surface area (Å²) in [6.07, 6.45) is -5.67. The lowest BCUT2D eigenvalue weighted by Crippen LogP contribution is -2.62. The number of carbonyl (C=O) groups is 4. The molecule has 0 N–H and O–H groups in total. The fourth-order valence-electron chi connectivity index (χ4n) is 2.38. The summed E-state index contributed by atoms with van der Waals surface area (Å²) in [6, 6.07) is 0. The van der Waals surface area contributed by atoms with Crippen LogP contribution in [0.25, 0.3) is 0 Å². The highest BCUT2D eigenvalue weighted by molar-refractivity contribution is 5.68. The average molecular weight is 362 g/mol. The Balaban J connectivity index is 3.18. The van der Waals surface area contributed by atoms with E-state index < -0.39 is 54.6 Å². The first-order valence-electron chi connectivity index (χ1n) is 7.49. The van der Waals surface area contributed by atoms with Crippen LogP contribution in [0.4, 0.5) is 0 Å². The first kappa shape index (κ1) is 20.8. The molecule has 0 aliphatic carbocycles. The fourth-order valence-corrected chi connectivity index (χ4v) is 2.38. The van der Waals surface area contributed by atoms with E-state index in [1.165, 1.54) is 14.0 Å². The van der Waals surface area contributed by atoms with Gasteiger partial charge in [0.05, 0.1) is 0 Å². The van der Waals surface area contributed by atoms with Crippen LogP contribution in [0.2, 0.25) is 0 Å². The van der Waals surface area contributed by atoms with Crippen LogP contribution < -0.4 is 0 Å². The van der Waals surface area contributed by atoms with Crippen molar-refractivity contribution in [3.63, 3.8) is 0 Å². The van der Waals surface area contributed by atoms with Crippen LogP contribution in [0.3, 0.4) is 0 Å². The van der Waals surface area contributed by atoms with Crippen molar-refractivity contribution in [2.45, 2.75) is 58.4 Å². The van der Waals surface area contributed by atoms with Gasteiger partial charge in [0.25, 0.3) is 0 Å². The van der Waals surface area contributed by atoms with E-state index in [0.29, 0.717) is 0 Å². The zero-order valence-electron chi connectivity index (χ0n) is 14.7. The monoisotopic (exact) mass is 362 g/mol. The van der Waals surface area contributed by atoms with Crippen LogP contribution in [0, 0.1) is 0 Å². The van der Waals surface area contributed by atoms with Gasteiger partial charge in [0, 0.05) is 34.8 Å². The molecule has 10 heteroatoms. The Labute approximate surface area is 144 Å². The predicted octanol–water partition coefficient (Wildman–Crippen LogP) is -0.284. The van der Waals surface area contributed by atoms with Crippen molar-refractivity contribution in [3.8, 4) is 0 Å². The summed E-state index contributed by atoms with van der Waals surface area (Å²) in [5.74, 6) is -2.63. The topological polar surface area (TPSA) is 124 Å². The molecule has 142 valence electrons. The molecule has 1 fully saturated rings. The quantitative estimate of drug-likeness (QED) is 0.460. The minimum absolute atomic E-state index is 0.280. The first-order chi connectivity index (χ1) is 11.6. The third kappa shape index (κ3) is 6.31. The Morgan fingerprint density at radius 2 is 1.24 bits per heavy atom. The van der Waals surface area contributed by atoms with Gasteiger partial charge in [-0.2, -0.15) is 0 Å². The molecule has 0 aromatic rings. The molecule has 0 bridgehead atoms. The summed E-state index contributed by atoms with van der Waals surface area (Å²) in [5, 5.41) is 0. The molecule has 0 aromatic carbocycles. The smallest absolute Gasteiger partial charge is 0.303 e. The number of carbonyl (C=O) groups excluding carboxylic acids is 4. The summed E-state index contributed by atoms with van der Waals surface area (Å²) in [6.45, 7) is 4.37. The van der Waals surface area contributed by atoms with Crippen molar-refractivity contribution in [2.24, 2.45) is 0 Å². The summed E-state index contributed by atoms with van der Waals surface area (Å²) >= 11 is 0. The van der Waals surface area contributed by atoms with Gasteiger partial charge < -0.3 is 28.4 Å². The van der Waals surface area contributed by atoms with E-state index in [-0.39, 0.29) is 6.61 Å². The number of ether oxygens (including phenoxy) is 6. The normalized spacial score (nSPS) is 28.6.